The standard InChI is InChI=1S/C35H29F3N4O4S/c1-46-27-11-7-10-25(29(27)21-12-14-23(15-13-21)35(36,37)38)31(43)39-24-16-17-26-28(20-24)47-33(40-26)32(44)41-30(22-8-3-2-4-9-22)34(45)42-18-5-6-19-42/h2-4,7-17,20,30H,5-6,18-19H2,1H3,(H,39,43)(H,41,44)/t30-/m0/s1. The van der Waals surface area contributed by atoms with Crippen molar-refractivity contribution in [2.45, 2.75) is 25.1 Å². The van der Waals surface area contributed by atoms with Crippen molar-refractivity contribution in [3.63, 3.8) is 0 Å². The lowest BCUT2D eigenvalue weighted by Crippen LogP contribution is -2.41. The van der Waals surface area contributed by atoms with Crippen LogP contribution in [0.4, 0.5) is 18.9 Å². The van der Waals surface area contributed by atoms with Gasteiger partial charge in [-0.05, 0) is 66.4 Å². The Hall–Kier alpha value is -5.23. The number of rotatable bonds is 8. The van der Waals surface area contributed by atoms with E-state index in [-0.39, 0.29) is 16.5 Å². The highest BCUT2D eigenvalue weighted by molar-refractivity contribution is 7.20. The van der Waals surface area contributed by atoms with Gasteiger partial charge in [0.2, 0.25) is 5.91 Å². The third kappa shape index (κ3) is 6.82. The highest BCUT2D eigenvalue weighted by Gasteiger charge is 2.31. The van der Waals surface area contributed by atoms with Gasteiger partial charge in [0.1, 0.15) is 11.8 Å². The number of carbonyl (C=O) groups is 3. The number of hydrogen-bond acceptors (Lipinski definition) is 6. The third-order valence-electron chi connectivity index (χ3n) is 7.91. The smallest absolute Gasteiger partial charge is 0.416 e. The Morgan fingerprint density at radius 3 is 2.30 bits per heavy atom. The minimum absolute atomic E-state index is 0.163. The minimum atomic E-state index is -4.50. The van der Waals surface area contributed by atoms with Crippen molar-refractivity contribution in [1.82, 2.24) is 15.2 Å². The first kappa shape index (κ1) is 31.7. The van der Waals surface area contributed by atoms with Gasteiger partial charge in [0.25, 0.3) is 11.8 Å². The van der Waals surface area contributed by atoms with Gasteiger partial charge in [-0.3, -0.25) is 14.4 Å². The van der Waals surface area contributed by atoms with Crippen LogP contribution >= 0.6 is 11.3 Å². The van der Waals surface area contributed by atoms with E-state index in [1.165, 1.54) is 19.2 Å². The summed E-state index contributed by atoms with van der Waals surface area (Å²) in [5, 5.41) is 5.88. The summed E-state index contributed by atoms with van der Waals surface area (Å²) in [4.78, 5) is 46.5. The molecule has 3 amide bonds. The Labute approximate surface area is 272 Å². The van der Waals surface area contributed by atoms with Gasteiger partial charge in [-0.1, -0.05) is 48.5 Å². The number of methoxy groups -OCH3 is 1. The number of carbonyl (C=O) groups excluding carboxylic acids is 3. The average molecular weight is 659 g/mol. The summed E-state index contributed by atoms with van der Waals surface area (Å²) in [6.07, 6.45) is -2.65. The zero-order valence-corrected chi connectivity index (χ0v) is 26.0. The van der Waals surface area contributed by atoms with E-state index in [1.54, 1.807) is 53.4 Å². The molecule has 1 aromatic heterocycles. The fourth-order valence-electron chi connectivity index (χ4n) is 5.56. The fraction of sp³-hybridized carbons (Fsp3) is 0.200. The molecule has 5 aromatic rings. The van der Waals surface area contributed by atoms with Crippen LogP contribution in [0, 0.1) is 0 Å². The van der Waals surface area contributed by atoms with Crippen molar-refractivity contribution < 1.29 is 32.3 Å². The van der Waals surface area contributed by atoms with Crippen LogP contribution in [-0.4, -0.2) is 47.8 Å². The molecular formula is C35H29F3N4O4S. The molecule has 0 saturated carbocycles. The van der Waals surface area contributed by atoms with Crippen LogP contribution < -0.4 is 15.4 Å². The number of thiazole rings is 1. The molecule has 0 aliphatic carbocycles. The van der Waals surface area contributed by atoms with E-state index < -0.39 is 29.6 Å². The molecule has 1 saturated heterocycles. The van der Waals surface area contributed by atoms with E-state index >= 15 is 0 Å². The second-order valence-electron chi connectivity index (χ2n) is 11.0. The number of alkyl halides is 3. The first-order chi connectivity index (χ1) is 22.6. The number of nitrogens with one attached hydrogen (secondary N) is 2. The number of fused-ring (bicyclic) bond motifs is 1. The molecule has 240 valence electrons. The van der Waals surface area contributed by atoms with E-state index in [4.69, 9.17) is 4.74 Å². The summed E-state index contributed by atoms with van der Waals surface area (Å²) < 4.78 is 45.6. The normalized spacial score (nSPS) is 13.7. The topological polar surface area (TPSA) is 101 Å². The van der Waals surface area contributed by atoms with E-state index in [2.05, 4.69) is 15.6 Å². The summed E-state index contributed by atoms with van der Waals surface area (Å²) in [5.41, 5.74) is 1.75. The Morgan fingerprint density at radius 2 is 1.62 bits per heavy atom. The number of hydrogen-bond donors (Lipinski definition) is 2. The molecule has 0 spiro atoms. The zero-order valence-electron chi connectivity index (χ0n) is 25.1. The highest BCUT2D eigenvalue weighted by atomic mass is 32.1. The monoisotopic (exact) mass is 658 g/mol. The molecule has 2 heterocycles. The number of amides is 3. The van der Waals surface area contributed by atoms with Crippen LogP contribution in [0.1, 0.15) is 50.2 Å². The number of benzene rings is 4. The molecule has 4 aromatic carbocycles. The molecular weight excluding hydrogens is 629 g/mol. The Morgan fingerprint density at radius 1 is 0.894 bits per heavy atom. The van der Waals surface area contributed by atoms with Crippen LogP contribution in [-0.2, 0) is 11.0 Å². The Kier molecular flexibility index (Phi) is 8.95. The molecule has 47 heavy (non-hydrogen) atoms. The predicted molar refractivity (Wildman–Crippen MR) is 173 cm³/mol. The third-order valence-corrected chi connectivity index (χ3v) is 8.92. The van der Waals surface area contributed by atoms with Gasteiger partial charge in [0, 0.05) is 24.3 Å². The molecule has 0 unspecified atom stereocenters. The van der Waals surface area contributed by atoms with Gasteiger partial charge in [0.05, 0.1) is 28.5 Å². The van der Waals surface area contributed by atoms with Crippen LogP contribution in [0.5, 0.6) is 5.75 Å². The number of anilines is 1. The van der Waals surface area contributed by atoms with Crippen molar-refractivity contribution in [1.29, 1.82) is 0 Å². The largest absolute Gasteiger partial charge is 0.496 e. The van der Waals surface area contributed by atoms with E-state index in [0.717, 1.165) is 36.3 Å². The lowest BCUT2D eigenvalue weighted by molar-refractivity contribution is -0.137. The Balaban J connectivity index is 1.23. The number of likely N-dealkylation sites (tertiary alicyclic amines) is 1. The number of aromatic nitrogens is 1. The number of nitrogens with zero attached hydrogens (tertiary/aromatic N) is 2. The maximum absolute atomic E-state index is 13.5. The van der Waals surface area contributed by atoms with Crippen LogP contribution in [0.2, 0.25) is 0 Å². The molecule has 1 aliphatic heterocycles. The number of ether oxygens (including phenoxy) is 1. The van der Waals surface area contributed by atoms with Crippen LogP contribution in [0.25, 0.3) is 21.3 Å². The molecule has 0 bridgehead atoms. The van der Waals surface area contributed by atoms with Crippen molar-refractivity contribution in [3.8, 4) is 16.9 Å². The molecule has 1 atom stereocenters. The molecule has 2 N–H and O–H groups in total. The summed E-state index contributed by atoms with van der Waals surface area (Å²) in [5.74, 6) is -0.841. The van der Waals surface area contributed by atoms with Crippen molar-refractivity contribution in [3.05, 3.63) is 113 Å². The lowest BCUT2D eigenvalue weighted by atomic mass is 9.96. The summed E-state index contributed by atoms with van der Waals surface area (Å²) >= 11 is 1.12. The van der Waals surface area contributed by atoms with Gasteiger partial charge in [-0.25, -0.2) is 4.98 Å². The minimum Gasteiger partial charge on any atom is -0.496 e. The van der Waals surface area contributed by atoms with E-state index in [9.17, 15) is 27.6 Å². The van der Waals surface area contributed by atoms with Crippen LogP contribution in [0.15, 0.2) is 91.0 Å². The van der Waals surface area contributed by atoms with Crippen molar-refractivity contribution >= 4 is 45.0 Å². The van der Waals surface area contributed by atoms with Gasteiger partial charge in [-0.2, -0.15) is 13.2 Å². The Bertz CT molecular complexity index is 1940. The molecule has 6 rings (SSSR count). The summed E-state index contributed by atoms with van der Waals surface area (Å²) in [6.45, 7) is 1.30. The van der Waals surface area contributed by atoms with Gasteiger partial charge >= 0.3 is 6.18 Å². The van der Waals surface area contributed by atoms with Crippen molar-refractivity contribution in [2.75, 3.05) is 25.5 Å². The number of halogens is 3. The molecule has 12 heteroatoms. The molecule has 0 radical (unpaired) electrons. The fourth-order valence-corrected chi connectivity index (χ4v) is 6.47. The maximum atomic E-state index is 13.5. The van der Waals surface area contributed by atoms with Crippen LogP contribution in [0.3, 0.4) is 0 Å². The SMILES string of the molecule is COc1cccc(C(=O)Nc2ccc3nc(C(=O)N[C@H](C(=O)N4CCCC4)c4ccccc4)sc3c2)c1-c1ccc(C(F)(F)F)cc1. The summed E-state index contributed by atoms with van der Waals surface area (Å²) in [6, 6.07) is 22.5. The molecule has 1 aliphatic rings. The maximum Gasteiger partial charge on any atom is 0.416 e. The predicted octanol–water partition coefficient (Wildman–Crippen LogP) is 7.34. The van der Waals surface area contributed by atoms with Gasteiger partial charge in [-0.15, -0.1) is 11.3 Å². The second kappa shape index (κ2) is 13.2. The quantitative estimate of drug-likeness (QED) is 0.182. The molecule has 8 nitrogen and oxygen atoms in total. The first-order valence-electron chi connectivity index (χ1n) is 14.8. The van der Waals surface area contributed by atoms with Gasteiger partial charge in [0.15, 0.2) is 5.01 Å². The zero-order chi connectivity index (χ0) is 33.1. The van der Waals surface area contributed by atoms with Gasteiger partial charge < -0.3 is 20.3 Å². The lowest BCUT2D eigenvalue weighted by Gasteiger charge is -2.24. The molecule has 1 fully saturated rings. The van der Waals surface area contributed by atoms with E-state index in [1.807, 2.05) is 18.2 Å². The first-order valence-corrected chi connectivity index (χ1v) is 15.6. The van der Waals surface area contributed by atoms with Crippen molar-refractivity contribution in [2.24, 2.45) is 0 Å². The summed E-state index contributed by atoms with van der Waals surface area (Å²) in [7, 11) is 1.42. The highest BCUT2D eigenvalue weighted by Crippen LogP contribution is 2.37. The second-order valence-corrected chi connectivity index (χ2v) is 12.0. The average Bonchev–Trinajstić information content (AvgIpc) is 3.77. The van der Waals surface area contributed by atoms with E-state index in [0.29, 0.717) is 51.4 Å².